The van der Waals surface area contributed by atoms with Crippen molar-refractivity contribution in [2.24, 2.45) is 0 Å². The van der Waals surface area contributed by atoms with Crippen molar-refractivity contribution in [3.05, 3.63) is 65.2 Å². The number of Topliss-reactive ketones (excluding diaryl/α,β-unsaturated/α-hetero) is 1. The lowest BCUT2D eigenvalue weighted by atomic mass is 9.95. The number of nitrogens with zero attached hydrogens (tertiary/aromatic N) is 1. The highest BCUT2D eigenvalue weighted by molar-refractivity contribution is 6.46. The van der Waals surface area contributed by atoms with Crippen LogP contribution in [0.4, 0.5) is 0 Å². The molecule has 3 rings (SSSR count). The van der Waals surface area contributed by atoms with Gasteiger partial charge in [-0.1, -0.05) is 25.5 Å². The molecule has 1 unspecified atom stereocenters. The zero-order valence-corrected chi connectivity index (χ0v) is 18.5. The fraction of sp³-hybridized carbons (Fsp3) is 0.320. The minimum Gasteiger partial charge on any atom is -0.507 e. The highest BCUT2D eigenvalue weighted by atomic mass is 16.5. The number of unbranched alkanes of at least 4 members (excludes halogenated alkanes) is 1. The smallest absolute Gasteiger partial charge is 0.308 e. The molecule has 0 aliphatic carbocycles. The minimum atomic E-state index is -0.737. The van der Waals surface area contributed by atoms with E-state index in [2.05, 4.69) is 0 Å². The van der Waals surface area contributed by atoms with Gasteiger partial charge in [0.15, 0.2) is 0 Å². The van der Waals surface area contributed by atoms with Crippen LogP contribution in [0.3, 0.4) is 0 Å². The summed E-state index contributed by atoms with van der Waals surface area (Å²) in [7, 11) is 0. The molecular formula is C25H27NO6. The molecule has 1 N–H and O–H groups in total. The Balaban J connectivity index is 2.06. The van der Waals surface area contributed by atoms with Gasteiger partial charge in [-0.05, 0) is 55.3 Å². The highest BCUT2D eigenvalue weighted by Gasteiger charge is 2.45. The van der Waals surface area contributed by atoms with E-state index in [9.17, 15) is 19.5 Å². The molecule has 0 spiro atoms. The summed E-state index contributed by atoms with van der Waals surface area (Å²) >= 11 is 0. The van der Waals surface area contributed by atoms with Crippen molar-refractivity contribution in [3.63, 3.8) is 0 Å². The van der Waals surface area contributed by atoms with E-state index in [0.29, 0.717) is 35.8 Å². The number of benzene rings is 2. The first-order valence-corrected chi connectivity index (χ1v) is 10.7. The van der Waals surface area contributed by atoms with Crippen LogP contribution in [0.15, 0.2) is 54.1 Å². The van der Waals surface area contributed by atoms with E-state index in [1.54, 1.807) is 48.5 Å². The summed E-state index contributed by atoms with van der Waals surface area (Å²) in [5, 5.41) is 11.0. The number of amides is 1. The first kappa shape index (κ1) is 23.1. The average Bonchev–Trinajstić information content (AvgIpc) is 3.03. The average molecular weight is 437 g/mol. The number of rotatable bonds is 8. The van der Waals surface area contributed by atoms with Gasteiger partial charge in [-0.15, -0.1) is 0 Å². The van der Waals surface area contributed by atoms with Crippen LogP contribution < -0.4 is 9.47 Å². The fourth-order valence-electron chi connectivity index (χ4n) is 3.70. The van der Waals surface area contributed by atoms with Crippen LogP contribution in [0.5, 0.6) is 11.5 Å². The van der Waals surface area contributed by atoms with Crippen molar-refractivity contribution in [1.82, 2.24) is 4.90 Å². The van der Waals surface area contributed by atoms with Crippen molar-refractivity contribution in [3.8, 4) is 11.5 Å². The number of likely N-dealkylation sites (tertiary alicyclic amines) is 1. The zero-order chi connectivity index (χ0) is 23.3. The molecule has 2 aromatic rings. The maximum absolute atomic E-state index is 13.0. The lowest BCUT2D eigenvalue weighted by molar-refractivity contribution is -0.139. The molecule has 1 saturated heterocycles. The number of ketones is 1. The molecule has 1 aliphatic rings. The van der Waals surface area contributed by atoms with Gasteiger partial charge < -0.3 is 19.5 Å². The summed E-state index contributed by atoms with van der Waals surface area (Å²) < 4.78 is 10.5. The normalized spacial score (nSPS) is 17.5. The number of ether oxygens (including phenoxy) is 2. The quantitative estimate of drug-likeness (QED) is 0.218. The minimum absolute atomic E-state index is 0.0375. The largest absolute Gasteiger partial charge is 0.507 e. The Hall–Kier alpha value is -3.61. The van der Waals surface area contributed by atoms with Crippen LogP contribution in [0, 0.1) is 0 Å². The van der Waals surface area contributed by atoms with Crippen LogP contribution >= 0.6 is 0 Å². The Morgan fingerprint density at radius 2 is 1.62 bits per heavy atom. The number of hydrogen-bond acceptors (Lipinski definition) is 6. The number of aliphatic hydroxyl groups excluding tert-OH is 1. The molecule has 2 aromatic carbocycles. The molecule has 1 aliphatic heterocycles. The molecule has 1 fully saturated rings. The molecule has 32 heavy (non-hydrogen) atoms. The third-order valence-corrected chi connectivity index (χ3v) is 5.19. The Labute approximate surface area is 187 Å². The second-order valence-electron chi connectivity index (χ2n) is 7.47. The van der Waals surface area contributed by atoms with E-state index in [0.717, 1.165) is 12.8 Å². The molecule has 168 valence electrons. The molecule has 1 atom stereocenters. The first-order chi connectivity index (χ1) is 15.4. The first-order valence-electron chi connectivity index (χ1n) is 10.7. The number of esters is 1. The molecule has 7 heteroatoms. The highest BCUT2D eigenvalue weighted by Crippen LogP contribution is 2.40. The molecule has 0 aromatic heterocycles. The summed E-state index contributed by atoms with van der Waals surface area (Å²) in [5.41, 5.74) is 1.10. The number of hydrogen-bond donors (Lipinski definition) is 1. The monoisotopic (exact) mass is 437 g/mol. The standard InChI is InChI=1S/C25H27NO6/c1-4-6-15-26-22(17-7-13-20(14-8-17)32-16(3)27)21(24(29)25(26)30)23(28)18-9-11-19(12-10-18)31-5-2/h7-14,22,28H,4-6,15H2,1-3H3/b23-21-. The maximum Gasteiger partial charge on any atom is 0.308 e. The summed E-state index contributed by atoms with van der Waals surface area (Å²) in [6, 6.07) is 12.6. The van der Waals surface area contributed by atoms with Gasteiger partial charge >= 0.3 is 5.97 Å². The van der Waals surface area contributed by atoms with Gasteiger partial charge in [0.05, 0.1) is 18.2 Å². The predicted octanol–water partition coefficient (Wildman–Crippen LogP) is 4.23. The Bertz CT molecular complexity index is 1020. The van der Waals surface area contributed by atoms with Gasteiger partial charge in [-0.3, -0.25) is 14.4 Å². The van der Waals surface area contributed by atoms with E-state index < -0.39 is 23.7 Å². The zero-order valence-electron chi connectivity index (χ0n) is 18.5. The van der Waals surface area contributed by atoms with Crippen LogP contribution in [-0.2, 0) is 14.4 Å². The maximum atomic E-state index is 13.0. The molecular weight excluding hydrogens is 410 g/mol. The van der Waals surface area contributed by atoms with Crippen LogP contribution in [0.25, 0.3) is 5.76 Å². The lowest BCUT2D eigenvalue weighted by Gasteiger charge is -2.25. The van der Waals surface area contributed by atoms with Gasteiger partial charge in [0, 0.05) is 19.0 Å². The molecule has 1 heterocycles. The topological polar surface area (TPSA) is 93.1 Å². The van der Waals surface area contributed by atoms with Crippen LogP contribution in [0.1, 0.15) is 50.8 Å². The van der Waals surface area contributed by atoms with Crippen molar-refractivity contribution >= 4 is 23.4 Å². The van der Waals surface area contributed by atoms with Gasteiger partial charge in [0.1, 0.15) is 17.3 Å². The number of aliphatic hydroxyl groups is 1. The van der Waals surface area contributed by atoms with E-state index in [-0.39, 0.29) is 11.3 Å². The van der Waals surface area contributed by atoms with Gasteiger partial charge in [-0.2, -0.15) is 0 Å². The molecule has 0 radical (unpaired) electrons. The third-order valence-electron chi connectivity index (χ3n) is 5.19. The second-order valence-corrected chi connectivity index (χ2v) is 7.47. The van der Waals surface area contributed by atoms with Crippen molar-refractivity contribution in [2.45, 2.75) is 39.7 Å². The van der Waals surface area contributed by atoms with Crippen molar-refractivity contribution < 1.29 is 29.0 Å². The Kier molecular flexibility index (Phi) is 7.30. The van der Waals surface area contributed by atoms with Crippen molar-refractivity contribution in [1.29, 1.82) is 0 Å². The SMILES string of the molecule is CCCCN1C(=O)C(=O)/C(=C(\O)c2ccc(OCC)cc2)C1c1ccc(OC(C)=O)cc1. The summed E-state index contributed by atoms with van der Waals surface area (Å²) in [6.45, 7) is 6.08. The summed E-state index contributed by atoms with van der Waals surface area (Å²) in [6.07, 6.45) is 1.57. The summed E-state index contributed by atoms with van der Waals surface area (Å²) in [4.78, 5) is 38.5. The number of carbonyl (C=O) groups excluding carboxylic acids is 3. The fourth-order valence-corrected chi connectivity index (χ4v) is 3.70. The van der Waals surface area contributed by atoms with Gasteiger partial charge in [0.25, 0.3) is 11.7 Å². The van der Waals surface area contributed by atoms with E-state index in [4.69, 9.17) is 9.47 Å². The van der Waals surface area contributed by atoms with E-state index in [1.807, 2.05) is 13.8 Å². The molecule has 1 amide bonds. The number of carbonyl (C=O) groups is 3. The summed E-state index contributed by atoms with van der Waals surface area (Å²) in [5.74, 6) is -1.04. The Morgan fingerprint density at radius 3 is 2.19 bits per heavy atom. The third kappa shape index (κ3) is 4.82. The van der Waals surface area contributed by atoms with Crippen molar-refractivity contribution in [2.75, 3.05) is 13.2 Å². The van der Waals surface area contributed by atoms with Gasteiger partial charge in [-0.25, -0.2) is 0 Å². The molecule has 0 bridgehead atoms. The molecule has 0 saturated carbocycles. The van der Waals surface area contributed by atoms with E-state index >= 15 is 0 Å². The van der Waals surface area contributed by atoms with Crippen LogP contribution in [-0.4, -0.2) is 40.8 Å². The molecule has 7 nitrogen and oxygen atoms in total. The predicted molar refractivity (Wildman–Crippen MR) is 119 cm³/mol. The van der Waals surface area contributed by atoms with Crippen LogP contribution in [0.2, 0.25) is 0 Å². The van der Waals surface area contributed by atoms with E-state index in [1.165, 1.54) is 11.8 Å². The lowest BCUT2D eigenvalue weighted by Crippen LogP contribution is -2.30. The van der Waals surface area contributed by atoms with Gasteiger partial charge in [0.2, 0.25) is 0 Å². The Morgan fingerprint density at radius 1 is 1.00 bits per heavy atom. The second kappa shape index (κ2) is 10.1.